The van der Waals surface area contributed by atoms with E-state index in [2.05, 4.69) is 26.0 Å². The number of carbonyl (C=O) groups is 2. The summed E-state index contributed by atoms with van der Waals surface area (Å²) in [5, 5.41) is 8.17. The number of aryl methyl sites for hydroxylation is 1. The number of fused-ring (bicyclic) bond motifs is 2. The zero-order valence-electron chi connectivity index (χ0n) is 17.7. The van der Waals surface area contributed by atoms with Crippen LogP contribution < -0.4 is 10.2 Å². The van der Waals surface area contributed by atoms with Crippen molar-refractivity contribution in [1.82, 2.24) is 24.6 Å². The van der Waals surface area contributed by atoms with Gasteiger partial charge in [-0.1, -0.05) is 37.8 Å². The summed E-state index contributed by atoms with van der Waals surface area (Å²) in [6, 6.07) is 15.3. The first-order valence-corrected chi connectivity index (χ1v) is 11.2. The van der Waals surface area contributed by atoms with Crippen molar-refractivity contribution < 1.29 is 9.59 Å². The Balaban J connectivity index is 0.00000259. The largest absolute Gasteiger partial charge is 0.351 e. The van der Waals surface area contributed by atoms with Crippen molar-refractivity contribution in [2.45, 2.75) is 24.9 Å². The first-order chi connectivity index (χ1) is 15.5. The molecular weight excluding hydrogens is 436 g/mol. The van der Waals surface area contributed by atoms with E-state index >= 15 is 0 Å². The molecule has 1 aliphatic heterocycles. The molecular formula is C24H26N6O2S. The third kappa shape index (κ3) is 4.36. The Labute approximate surface area is 196 Å². The summed E-state index contributed by atoms with van der Waals surface area (Å²) in [6.45, 7) is 0.519. The minimum absolute atomic E-state index is 0. The second-order valence-corrected chi connectivity index (χ2v) is 8.85. The fourth-order valence-corrected chi connectivity index (χ4v) is 4.94. The highest BCUT2D eigenvalue weighted by molar-refractivity contribution is 7.99. The summed E-state index contributed by atoms with van der Waals surface area (Å²) in [5.74, 6) is -0.138. The van der Waals surface area contributed by atoms with Crippen LogP contribution in [0.3, 0.4) is 0 Å². The van der Waals surface area contributed by atoms with E-state index in [1.54, 1.807) is 28.4 Å². The van der Waals surface area contributed by atoms with Crippen LogP contribution in [0.1, 0.15) is 23.6 Å². The van der Waals surface area contributed by atoms with Crippen molar-refractivity contribution in [3.05, 3.63) is 72.4 Å². The van der Waals surface area contributed by atoms with Gasteiger partial charge in [0.1, 0.15) is 12.4 Å². The number of thioether (sulfide) groups is 1. The Bertz CT molecular complexity index is 1310. The molecule has 0 aliphatic carbocycles. The van der Waals surface area contributed by atoms with E-state index in [1.807, 2.05) is 55.7 Å². The van der Waals surface area contributed by atoms with Crippen LogP contribution in [-0.4, -0.2) is 50.0 Å². The Kier molecular flexibility index (Phi) is 6.24. The lowest BCUT2D eigenvalue weighted by molar-refractivity contribution is -0.119. The second kappa shape index (κ2) is 9.11. The highest BCUT2D eigenvalue weighted by Gasteiger charge is 2.31. The first-order valence-electron chi connectivity index (χ1n) is 10.2. The summed E-state index contributed by atoms with van der Waals surface area (Å²) >= 11 is 1.56. The maximum absolute atomic E-state index is 13.1. The number of hydrogen-bond donors (Lipinski definition) is 1. The van der Waals surface area contributed by atoms with E-state index < -0.39 is 11.9 Å². The van der Waals surface area contributed by atoms with Gasteiger partial charge in [0.25, 0.3) is 5.91 Å². The molecule has 33 heavy (non-hydrogen) atoms. The molecule has 8 nitrogen and oxygen atoms in total. The number of carbonyl (C=O) groups excluding carboxylic acids is 2. The van der Waals surface area contributed by atoms with Gasteiger partial charge >= 0.3 is 0 Å². The third-order valence-corrected chi connectivity index (χ3v) is 6.73. The molecule has 0 spiro atoms. The molecule has 0 saturated heterocycles. The standard InChI is InChI=1S/C23H22N6O2S.CH4/c1-27-9-8-16-10-19-20(11-18(16)27)32-13-17(23(31)28(19)2)25-22(30)21-24-14-29(26-21)12-15-6-4-3-5-7-15;/h3-11,14,17H,12-13H2,1-2H3,(H,25,30);1H4/t17-;/m0./s1. The van der Waals surface area contributed by atoms with Crippen LogP contribution >= 0.6 is 11.8 Å². The summed E-state index contributed by atoms with van der Waals surface area (Å²) in [6.07, 6.45) is 3.53. The van der Waals surface area contributed by atoms with Gasteiger partial charge in [0.05, 0.1) is 12.2 Å². The molecule has 170 valence electrons. The first kappa shape index (κ1) is 22.6. The van der Waals surface area contributed by atoms with Crippen LogP contribution in [0.2, 0.25) is 0 Å². The second-order valence-electron chi connectivity index (χ2n) is 7.79. The highest BCUT2D eigenvalue weighted by atomic mass is 32.2. The molecule has 9 heteroatoms. The van der Waals surface area contributed by atoms with Crippen molar-refractivity contribution in [2.24, 2.45) is 7.05 Å². The lowest BCUT2D eigenvalue weighted by Crippen LogP contribution is -2.48. The van der Waals surface area contributed by atoms with Gasteiger partial charge < -0.3 is 14.8 Å². The minimum atomic E-state index is -0.672. The topological polar surface area (TPSA) is 85.1 Å². The number of rotatable bonds is 4. The van der Waals surface area contributed by atoms with E-state index in [-0.39, 0.29) is 19.2 Å². The zero-order valence-corrected chi connectivity index (χ0v) is 18.5. The van der Waals surface area contributed by atoms with Crippen molar-refractivity contribution in [2.75, 3.05) is 17.7 Å². The van der Waals surface area contributed by atoms with E-state index in [0.29, 0.717) is 12.3 Å². The molecule has 0 radical (unpaired) electrons. The summed E-state index contributed by atoms with van der Waals surface area (Å²) < 4.78 is 3.67. The van der Waals surface area contributed by atoms with E-state index in [1.165, 1.54) is 6.33 Å². The Hall–Kier alpha value is -3.59. The molecule has 0 unspecified atom stereocenters. The Morgan fingerprint density at radius 2 is 1.97 bits per heavy atom. The Morgan fingerprint density at radius 1 is 1.18 bits per heavy atom. The van der Waals surface area contributed by atoms with Gasteiger partial charge in [-0.05, 0) is 23.8 Å². The molecule has 1 aliphatic rings. The van der Waals surface area contributed by atoms with Crippen LogP contribution in [0.5, 0.6) is 0 Å². The molecule has 0 saturated carbocycles. The number of aromatic nitrogens is 4. The zero-order chi connectivity index (χ0) is 22.2. The van der Waals surface area contributed by atoms with Gasteiger partial charge in [0.15, 0.2) is 0 Å². The minimum Gasteiger partial charge on any atom is -0.351 e. The quantitative estimate of drug-likeness (QED) is 0.503. The fraction of sp³-hybridized carbons (Fsp3) is 0.250. The molecule has 1 atom stereocenters. The van der Waals surface area contributed by atoms with Gasteiger partial charge in [-0.25, -0.2) is 9.67 Å². The smallest absolute Gasteiger partial charge is 0.291 e. The fourth-order valence-electron chi connectivity index (χ4n) is 3.83. The normalized spacial score (nSPS) is 15.6. The number of amides is 2. The van der Waals surface area contributed by atoms with Gasteiger partial charge in [-0.3, -0.25) is 9.59 Å². The molecule has 3 heterocycles. The maximum atomic E-state index is 13.1. The molecule has 0 fully saturated rings. The van der Waals surface area contributed by atoms with E-state index in [4.69, 9.17) is 0 Å². The van der Waals surface area contributed by atoms with Crippen molar-refractivity contribution in [3.63, 3.8) is 0 Å². The van der Waals surface area contributed by atoms with Gasteiger partial charge in [-0.2, -0.15) is 0 Å². The molecule has 4 aromatic rings. The number of benzene rings is 2. The van der Waals surface area contributed by atoms with Gasteiger partial charge in [-0.15, -0.1) is 16.9 Å². The molecule has 2 aromatic heterocycles. The SMILES string of the molecule is C.CN1C(=O)[C@@H](NC(=O)c2ncn(Cc3ccccc3)n2)CSc2cc3c(ccn3C)cc21. The average Bonchev–Trinajstić information content (AvgIpc) is 3.39. The summed E-state index contributed by atoms with van der Waals surface area (Å²) in [4.78, 5) is 32.6. The summed E-state index contributed by atoms with van der Waals surface area (Å²) in [5.41, 5.74) is 3.01. The molecule has 2 amide bonds. The molecule has 5 rings (SSSR count). The predicted octanol–water partition coefficient (Wildman–Crippen LogP) is 3.32. The van der Waals surface area contributed by atoms with E-state index in [9.17, 15) is 9.59 Å². The number of anilines is 1. The predicted molar refractivity (Wildman–Crippen MR) is 131 cm³/mol. The van der Waals surface area contributed by atoms with Gasteiger partial charge in [0, 0.05) is 41.8 Å². The highest BCUT2D eigenvalue weighted by Crippen LogP contribution is 2.37. The molecule has 2 aromatic carbocycles. The number of nitrogens with zero attached hydrogens (tertiary/aromatic N) is 5. The van der Waals surface area contributed by atoms with Crippen LogP contribution in [0.25, 0.3) is 10.9 Å². The lowest BCUT2D eigenvalue weighted by atomic mass is 10.2. The van der Waals surface area contributed by atoms with Crippen LogP contribution in [0.4, 0.5) is 5.69 Å². The van der Waals surface area contributed by atoms with E-state index in [0.717, 1.165) is 27.0 Å². The van der Waals surface area contributed by atoms with Crippen LogP contribution in [-0.2, 0) is 18.4 Å². The molecule has 1 N–H and O–H groups in total. The number of nitrogens with one attached hydrogen (secondary N) is 1. The summed E-state index contributed by atoms with van der Waals surface area (Å²) in [7, 11) is 3.74. The Morgan fingerprint density at radius 3 is 2.76 bits per heavy atom. The maximum Gasteiger partial charge on any atom is 0.291 e. The van der Waals surface area contributed by atoms with Crippen molar-refractivity contribution in [3.8, 4) is 0 Å². The molecule has 0 bridgehead atoms. The average molecular weight is 463 g/mol. The lowest BCUT2D eigenvalue weighted by Gasteiger charge is -2.21. The monoisotopic (exact) mass is 462 g/mol. The van der Waals surface area contributed by atoms with Crippen molar-refractivity contribution >= 4 is 40.2 Å². The number of likely N-dealkylation sites (N-methyl/N-ethyl adjacent to an activating group) is 1. The van der Waals surface area contributed by atoms with Crippen molar-refractivity contribution in [1.29, 1.82) is 0 Å². The number of hydrogen-bond acceptors (Lipinski definition) is 5. The van der Waals surface area contributed by atoms with Crippen LogP contribution in [0, 0.1) is 0 Å². The third-order valence-electron chi connectivity index (χ3n) is 5.59. The van der Waals surface area contributed by atoms with Gasteiger partial charge in [0.2, 0.25) is 11.7 Å². The van der Waals surface area contributed by atoms with Crippen LogP contribution in [0.15, 0.2) is 66.0 Å².